The molecule has 0 saturated carbocycles. The number of hydrogen-bond acceptors (Lipinski definition) is 3. The summed E-state index contributed by atoms with van der Waals surface area (Å²) in [6.07, 6.45) is 2.37. The van der Waals surface area contributed by atoms with Crippen LogP contribution < -0.4 is 5.32 Å². The highest BCUT2D eigenvalue weighted by molar-refractivity contribution is 5.34. The molecule has 1 saturated heterocycles. The first kappa shape index (κ1) is 14.0. The molecule has 1 aromatic rings. The van der Waals surface area contributed by atoms with Gasteiger partial charge in [0, 0.05) is 18.7 Å². The van der Waals surface area contributed by atoms with Gasteiger partial charge in [-0.3, -0.25) is 0 Å². The van der Waals surface area contributed by atoms with E-state index in [0.29, 0.717) is 18.0 Å². The van der Waals surface area contributed by atoms with Crippen LogP contribution in [0.15, 0.2) is 18.2 Å². The molecule has 1 aliphatic rings. The topological polar surface area (TPSA) is 39.1 Å². The standard InChI is InChI=1S/C15H20FN3/c1-19(10-12-5-7-18-8-6-12)11-14-4-2-3-13(9-17)15(14)16/h2-4,12,18H,5-8,10-11H2,1H3. The Morgan fingerprint density at radius 2 is 2.16 bits per heavy atom. The molecule has 0 amide bonds. The summed E-state index contributed by atoms with van der Waals surface area (Å²) >= 11 is 0. The smallest absolute Gasteiger partial charge is 0.145 e. The summed E-state index contributed by atoms with van der Waals surface area (Å²) in [4.78, 5) is 2.15. The van der Waals surface area contributed by atoms with Gasteiger partial charge in [0.1, 0.15) is 11.9 Å². The lowest BCUT2D eigenvalue weighted by molar-refractivity contribution is 0.232. The van der Waals surface area contributed by atoms with E-state index >= 15 is 0 Å². The maximum absolute atomic E-state index is 14.0. The van der Waals surface area contributed by atoms with Gasteiger partial charge < -0.3 is 10.2 Å². The monoisotopic (exact) mass is 261 g/mol. The van der Waals surface area contributed by atoms with Crippen LogP contribution in [0.5, 0.6) is 0 Å². The van der Waals surface area contributed by atoms with E-state index in [4.69, 9.17) is 5.26 Å². The average molecular weight is 261 g/mol. The number of nitriles is 1. The van der Waals surface area contributed by atoms with Crippen LogP contribution in [-0.4, -0.2) is 31.6 Å². The van der Waals surface area contributed by atoms with Crippen LogP contribution in [0.1, 0.15) is 24.0 Å². The fourth-order valence-electron chi connectivity index (χ4n) is 2.65. The Kier molecular flexibility index (Phi) is 4.89. The Hall–Kier alpha value is -1.44. The molecule has 0 aliphatic carbocycles. The van der Waals surface area contributed by atoms with E-state index in [9.17, 15) is 4.39 Å². The molecule has 102 valence electrons. The summed E-state index contributed by atoms with van der Waals surface area (Å²) in [6, 6.07) is 6.91. The first-order chi connectivity index (χ1) is 9.20. The zero-order valence-corrected chi connectivity index (χ0v) is 11.3. The van der Waals surface area contributed by atoms with Gasteiger partial charge in [-0.25, -0.2) is 4.39 Å². The van der Waals surface area contributed by atoms with Crippen molar-refractivity contribution in [1.29, 1.82) is 5.26 Å². The van der Waals surface area contributed by atoms with Gasteiger partial charge in [-0.05, 0) is 45.0 Å². The number of piperidine rings is 1. The lowest BCUT2D eigenvalue weighted by Crippen LogP contribution is -2.34. The van der Waals surface area contributed by atoms with E-state index < -0.39 is 0 Å². The Bertz CT molecular complexity index is 461. The van der Waals surface area contributed by atoms with Crippen LogP contribution in [0, 0.1) is 23.1 Å². The number of nitrogens with zero attached hydrogens (tertiary/aromatic N) is 2. The van der Waals surface area contributed by atoms with Gasteiger partial charge >= 0.3 is 0 Å². The number of halogens is 1. The minimum Gasteiger partial charge on any atom is -0.317 e. The lowest BCUT2D eigenvalue weighted by atomic mass is 9.97. The molecule has 1 fully saturated rings. The van der Waals surface area contributed by atoms with Crippen LogP contribution in [0.4, 0.5) is 4.39 Å². The van der Waals surface area contributed by atoms with Crippen molar-refractivity contribution in [3.63, 3.8) is 0 Å². The van der Waals surface area contributed by atoms with E-state index in [1.165, 1.54) is 18.9 Å². The highest BCUT2D eigenvalue weighted by Gasteiger charge is 2.16. The molecule has 0 aromatic heterocycles. The minimum absolute atomic E-state index is 0.132. The fourth-order valence-corrected chi connectivity index (χ4v) is 2.65. The summed E-state index contributed by atoms with van der Waals surface area (Å²) < 4.78 is 14.0. The predicted molar refractivity (Wildman–Crippen MR) is 73.0 cm³/mol. The van der Waals surface area contributed by atoms with E-state index in [2.05, 4.69) is 10.2 Å². The summed E-state index contributed by atoms with van der Waals surface area (Å²) in [6.45, 7) is 3.71. The lowest BCUT2D eigenvalue weighted by Gasteiger charge is -2.27. The molecule has 4 heteroatoms. The van der Waals surface area contributed by atoms with Crippen LogP contribution in [0.25, 0.3) is 0 Å². The molecule has 1 heterocycles. The quantitative estimate of drug-likeness (QED) is 0.902. The molecular weight excluding hydrogens is 241 g/mol. The summed E-state index contributed by atoms with van der Waals surface area (Å²) in [7, 11) is 2.01. The van der Waals surface area contributed by atoms with E-state index in [1.807, 2.05) is 13.1 Å². The molecular formula is C15H20FN3. The van der Waals surface area contributed by atoms with Crippen molar-refractivity contribution in [2.45, 2.75) is 19.4 Å². The third-order valence-corrected chi connectivity index (χ3v) is 3.67. The van der Waals surface area contributed by atoms with Crippen LogP contribution in [0.2, 0.25) is 0 Å². The average Bonchev–Trinajstić information content (AvgIpc) is 2.42. The van der Waals surface area contributed by atoms with Crippen LogP contribution in [0.3, 0.4) is 0 Å². The second kappa shape index (κ2) is 6.65. The molecule has 0 spiro atoms. The highest BCUT2D eigenvalue weighted by Crippen LogP contribution is 2.17. The first-order valence-corrected chi connectivity index (χ1v) is 6.77. The first-order valence-electron chi connectivity index (χ1n) is 6.77. The van der Waals surface area contributed by atoms with Crippen LogP contribution in [-0.2, 0) is 6.54 Å². The van der Waals surface area contributed by atoms with Gasteiger partial charge in [0.15, 0.2) is 0 Å². The summed E-state index contributed by atoms with van der Waals surface area (Å²) in [5.41, 5.74) is 0.739. The summed E-state index contributed by atoms with van der Waals surface area (Å²) in [5, 5.41) is 12.2. The van der Waals surface area contributed by atoms with Crippen molar-refractivity contribution in [2.24, 2.45) is 5.92 Å². The molecule has 0 radical (unpaired) electrons. The van der Waals surface area contributed by atoms with Gasteiger partial charge in [0.2, 0.25) is 0 Å². The minimum atomic E-state index is -0.373. The number of rotatable bonds is 4. The molecule has 1 aliphatic heterocycles. The summed E-state index contributed by atoms with van der Waals surface area (Å²) in [5.74, 6) is 0.315. The second-order valence-corrected chi connectivity index (χ2v) is 5.28. The van der Waals surface area contributed by atoms with Gasteiger partial charge in [-0.2, -0.15) is 5.26 Å². The van der Waals surface area contributed by atoms with Crippen molar-refractivity contribution >= 4 is 0 Å². The fraction of sp³-hybridized carbons (Fsp3) is 0.533. The zero-order valence-electron chi connectivity index (χ0n) is 11.3. The predicted octanol–water partition coefficient (Wildman–Crippen LogP) is 2.13. The highest BCUT2D eigenvalue weighted by atomic mass is 19.1. The third kappa shape index (κ3) is 3.76. The maximum atomic E-state index is 14.0. The van der Waals surface area contributed by atoms with Crippen molar-refractivity contribution in [3.8, 4) is 6.07 Å². The normalized spacial score (nSPS) is 16.5. The van der Waals surface area contributed by atoms with Crippen molar-refractivity contribution in [3.05, 3.63) is 35.1 Å². The molecule has 0 unspecified atom stereocenters. The Morgan fingerprint density at radius 1 is 1.42 bits per heavy atom. The van der Waals surface area contributed by atoms with Crippen molar-refractivity contribution < 1.29 is 4.39 Å². The number of nitrogens with one attached hydrogen (secondary N) is 1. The van der Waals surface area contributed by atoms with Crippen molar-refractivity contribution in [2.75, 3.05) is 26.7 Å². The zero-order chi connectivity index (χ0) is 13.7. The largest absolute Gasteiger partial charge is 0.317 e. The maximum Gasteiger partial charge on any atom is 0.145 e. The molecule has 1 N–H and O–H groups in total. The molecule has 1 aromatic carbocycles. The van der Waals surface area contributed by atoms with E-state index in [-0.39, 0.29) is 11.4 Å². The number of hydrogen-bond donors (Lipinski definition) is 1. The third-order valence-electron chi connectivity index (χ3n) is 3.67. The van der Waals surface area contributed by atoms with Crippen molar-refractivity contribution in [1.82, 2.24) is 10.2 Å². The molecule has 0 bridgehead atoms. The SMILES string of the molecule is CN(Cc1cccc(C#N)c1F)CC1CCNCC1. The van der Waals surface area contributed by atoms with Gasteiger partial charge in [0.25, 0.3) is 0 Å². The molecule has 2 rings (SSSR count). The van der Waals surface area contributed by atoms with Gasteiger partial charge in [-0.1, -0.05) is 12.1 Å². The molecule has 19 heavy (non-hydrogen) atoms. The molecule has 0 atom stereocenters. The Labute approximate surface area is 114 Å². The van der Waals surface area contributed by atoms with Gasteiger partial charge in [0.05, 0.1) is 5.56 Å². The Morgan fingerprint density at radius 3 is 2.84 bits per heavy atom. The Balaban J connectivity index is 1.95. The van der Waals surface area contributed by atoms with E-state index in [0.717, 1.165) is 19.6 Å². The van der Waals surface area contributed by atoms with E-state index in [1.54, 1.807) is 12.1 Å². The number of benzene rings is 1. The molecule has 3 nitrogen and oxygen atoms in total. The van der Waals surface area contributed by atoms with Crippen LogP contribution >= 0.6 is 0 Å². The van der Waals surface area contributed by atoms with Gasteiger partial charge in [-0.15, -0.1) is 0 Å². The second-order valence-electron chi connectivity index (χ2n) is 5.28.